The van der Waals surface area contributed by atoms with Gasteiger partial charge in [-0.1, -0.05) is 20.8 Å². The first-order chi connectivity index (χ1) is 5.93. The van der Waals surface area contributed by atoms with Crippen molar-refractivity contribution in [3.05, 3.63) is 17.5 Å². The van der Waals surface area contributed by atoms with Crippen LogP contribution in [0, 0.1) is 18.3 Å². The zero-order chi connectivity index (χ0) is 10.1. The molecule has 0 radical (unpaired) electrons. The fraction of sp³-hybridized carbons (Fsp3) is 0.556. The SMILES string of the molecule is Cc1nc(C#N)nc(C(C)(C)C)n1. The first-order valence-corrected chi connectivity index (χ1v) is 4.07. The van der Waals surface area contributed by atoms with E-state index < -0.39 is 0 Å². The largest absolute Gasteiger partial charge is 0.235 e. The highest BCUT2D eigenvalue weighted by molar-refractivity contribution is 5.13. The lowest BCUT2D eigenvalue weighted by atomic mass is 9.96. The maximum Gasteiger partial charge on any atom is 0.235 e. The van der Waals surface area contributed by atoms with Gasteiger partial charge in [0.15, 0.2) is 0 Å². The zero-order valence-electron chi connectivity index (χ0n) is 8.29. The fourth-order valence-corrected chi connectivity index (χ4v) is 0.867. The van der Waals surface area contributed by atoms with Gasteiger partial charge in [0, 0.05) is 5.41 Å². The summed E-state index contributed by atoms with van der Waals surface area (Å²) >= 11 is 0. The van der Waals surface area contributed by atoms with Crippen LogP contribution in [0.3, 0.4) is 0 Å². The van der Waals surface area contributed by atoms with E-state index in [4.69, 9.17) is 5.26 Å². The summed E-state index contributed by atoms with van der Waals surface area (Å²) in [4.78, 5) is 12.1. The molecule has 0 aliphatic rings. The molecule has 1 aromatic heterocycles. The molecule has 0 fully saturated rings. The van der Waals surface area contributed by atoms with Crippen molar-refractivity contribution in [2.45, 2.75) is 33.1 Å². The molecule has 0 atom stereocenters. The van der Waals surface area contributed by atoms with Gasteiger partial charge in [-0.25, -0.2) is 15.0 Å². The molecule has 0 saturated carbocycles. The van der Waals surface area contributed by atoms with E-state index in [1.807, 2.05) is 26.8 Å². The molecule has 1 aromatic rings. The molecule has 0 aromatic carbocycles. The second-order valence-corrected chi connectivity index (χ2v) is 3.89. The van der Waals surface area contributed by atoms with E-state index in [1.54, 1.807) is 6.92 Å². The topological polar surface area (TPSA) is 62.5 Å². The van der Waals surface area contributed by atoms with Crippen molar-refractivity contribution in [2.75, 3.05) is 0 Å². The van der Waals surface area contributed by atoms with Gasteiger partial charge in [0.05, 0.1) is 0 Å². The minimum absolute atomic E-state index is 0.140. The highest BCUT2D eigenvalue weighted by atomic mass is 15.0. The number of aryl methyl sites for hydroxylation is 1. The summed E-state index contributed by atoms with van der Waals surface area (Å²) in [6.07, 6.45) is 0. The van der Waals surface area contributed by atoms with Gasteiger partial charge in [-0.3, -0.25) is 0 Å². The van der Waals surface area contributed by atoms with Crippen LogP contribution in [0.5, 0.6) is 0 Å². The highest BCUT2D eigenvalue weighted by Gasteiger charge is 2.18. The van der Waals surface area contributed by atoms with Crippen LogP contribution in [0.1, 0.15) is 38.2 Å². The Morgan fingerprint density at radius 1 is 1.15 bits per heavy atom. The van der Waals surface area contributed by atoms with Crippen LogP contribution in [-0.2, 0) is 5.41 Å². The molecule has 0 unspecified atom stereocenters. The van der Waals surface area contributed by atoms with E-state index in [-0.39, 0.29) is 11.2 Å². The molecule has 0 aliphatic heterocycles. The van der Waals surface area contributed by atoms with Gasteiger partial charge >= 0.3 is 0 Å². The summed E-state index contributed by atoms with van der Waals surface area (Å²) in [6, 6.07) is 1.92. The summed E-state index contributed by atoms with van der Waals surface area (Å²) in [7, 11) is 0. The molecule has 4 nitrogen and oxygen atoms in total. The third-order valence-electron chi connectivity index (χ3n) is 1.52. The molecule has 13 heavy (non-hydrogen) atoms. The van der Waals surface area contributed by atoms with Crippen LogP contribution in [0.2, 0.25) is 0 Å². The average Bonchev–Trinajstić information content (AvgIpc) is 2.01. The summed E-state index contributed by atoms with van der Waals surface area (Å²) in [5.74, 6) is 1.45. The lowest BCUT2D eigenvalue weighted by Gasteiger charge is -2.15. The van der Waals surface area contributed by atoms with Crippen LogP contribution < -0.4 is 0 Å². The van der Waals surface area contributed by atoms with Crippen molar-refractivity contribution in [3.63, 3.8) is 0 Å². The summed E-state index contributed by atoms with van der Waals surface area (Å²) in [5.41, 5.74) is -0.140. The standard InChI is InChI=1S/C9H12N4/c1-6-11-7(5-10)13-8(12-6)9(2,3)4/h1-4H3. The number of nitrogens with zero attached hydrogens (tertiary/aromatic N) is 4. The van der Waals surface area contributed by atoms with E-state index >= 15 is 0 Å². The van der Waals surface area contributed by atoms with E-state index in [1.165, 1.54) is 0 Å². The van der Waals surface area contributed by atoms with E-state index in [9.17, 15) is 0 Å². The van der Waals surface area contributed by atoms with E-state index in [0.717, 1.165) is 0 Å². The Morgan fingerprint density at radius 2 is 1.77 bits per heavy atom. The van der Waals surface area contributed by atoms with Crippen LogP contribution in [0.15, 0.2) is 0 Å². The van der Waals surface area contributed by atoms with Crippen molar-refractivity contribution < 1.29 is 0 Å². The van der Waals surface area contributed by atoms with Gasteiger partial charge in [0.2, 0.25) is 5.82 Å². The Kier molecular flexibility index (Phi) is 2.28. The maximum absolute atomic E-state index is 8.65. The molecular formula is C9H12N4. The summed E-state index contributed by atoms with van der Waals surface area (Å²) in [6.45, 7) is 7.77. The second kappa shape index (κ2) is 3.09. The molecular weight excluding hydrogens is 164 g/mol. The maximum atomic E-state index is 8.65. The molecule has 4 heteroatoms. The summed E-state index contributed by atoms with van der Waals surface area (Å²) in [5, 5.41) is 8.65. The smallest absolute Gasteiger partial charge is 0.218 e. The molecule has 0 N–H and O–H groups in total. The molecule has 0 amide bonds. The summed E-state index contributed by atoms with van der Waals surface area (Å²) < 4.78 is 0. The van der Waals surface area contributed by atoms with Crippen molar-refractivity contribution in [1.29, 1.82) is 5.26 Å². The lowest BCUT2D eigenvalue weighted by molar-refractivity contribution is 0.536. The zero-order valence-corrected chi connectivity index (χ0v) is 8.29. The van der Waals surface area contributed by atoms with Crippen LogP contribution >= 0.6 is 0 Å². The number of hydrogen-bond donors (Lipinski definition) is 0. The predicted octanol–water partition coefficient (Wildman–Crippen LogP) is 1.35. The Balaban J connectivity index is 3.26. The molecule has 0 spiro atoms. The number of aromatic nitrogens is 3. The van der Waals surface area contributed by atoms with Gasteiger partial charge in [-0.15, -0.1) is 0 Å². The molecule has 1 rings (SSSR count). The third kappa shape index (κ3) is 2.22. The quantitative estimate of drug-likeness (QED) is 0.598. The molecule has 1 heterocycles. The second-order valence-electron chi connectivity index (χ2n) is 3.89. The van der Waals surface area contributed by atoms with Crippen molar-refractivity contribution in [2.24, 2.45) is 0 Å². The Bertz CT molecular complexity index is 357. The van der Waals surface area contributed by atoms with Crippen LogP contribution in [0.25, 0.3) is 0 Å². The van der Waals surface area contributed by atoms with Crippen LogP contribution in [-0.4, -0.2) is 15.0 Å². The van der Waals surface area contributed by atoms with Crippen molar-refractivity contribution in [3.8, 4) is 6.07 Å². The third-order valence-corrected chi connectivity index (χ3v) is 1.52. The van der Waals surface area contributed by atoms with Gasteiger partial charge in [0.25, 0.3) is 0 Å². The fourth-order valence-electron chi connectivity index (χ4n) is 0.867. The average molecular weight is 176 g/mol. The van der Waals surface area contributed by atoms with Gasteiger partial charge < -0.3 is 0 Å². The molecule has 68 valence electrons. The van der Waals surface area contributed by atoms with Crippen molar-refractivity contribution in [1.82, 2.24) is 15.0 Å². The number of rotatable bonds is 0. The van der Waals surface area contributed by atoms with Gasteiger partial charge in [0.1, 0.15) is 17.7 Å². The predicted molar refractivity (Wildman–Crippen MR) is 48.0 cm³/mol. The van der Waals surface area contributed by atoms with Crippen molar-refractivity contribution >= 4 is 0 Å². The van der Waals surface area contributed by atoms with Gasteiger partial charge in [-0.2, -0.15) is 5.26 Å². The Hall–Kier alpha value is -1.50. The van der Waals surface area contributed by atoms with E-state index in [0.29, 0.717) is 11.6 Å². The first-order valence-electron chi connectivity index (χ1n) is 4.07. The van der Waals surface area contributed by atoms with Gasteiger partial charge in [-0.05, 0) is 6.92 Å². The Morgan fingerprint density at radius 3 is 2.23 bits per heavy atom. The number of nitriles is 1. The molecule has 0 saturated heterocycles. The van der Waals surface area contributed by atoms with E-state index in [2.05, 4.69) is 15.0 Å². The minimum Gasteiger partial charge on any atom is -0.218 e. The number of hydrogen-bond acceptors (Lipinski definition) is 4. The molecule has 0 bridgehead atoms. The van der Waals surface area contributed by atoms with Crippen LogP contribution in [0.4, 0.5) is 0 Å². The normalized spacial score (nSPS) is 11.0. The highest BCUT2D eigenvalue weighted by Crippen LogP contribution is 2.17. The lowest BCUT2D eigenvalue weighted by Crippen LogP contribution is -2.18. The Labute approximate surface area is 77.7 Å². The minimum atomic E-state index is -0.140. The monoisotopic (exact) mass is 176 g/mol. The molecule has 0 aliphatic carbocycles. The first kappa shape index (κ1) is 9.59.